The van der Waals surface area contributed by atoms with Crippen LogP contribution < -0.4 is 17.2 Å². The average Bonchev–Trinajstić information content (AvgIpc) is 3.08. The maximum Gasteiger partial charge on any atom is 0.224 e. The first kappa shape index (κ1) is 12.5. The molecule has 0 atom stereocenters. The normalized spacial score (nSPS) is 10.5. The first-order valence-electron chi connectivity index (χ1n) is 5.77. The molecule has 0 aromatic carbocycles. The number of imidazole rings is 2. The zero-order chi connectivity index (χ0) is 14.8. The molecule has 0 bridgehead atoms. The summed E-state index contributed by atoms with van der Waals surface area (Å²) in [7, 11) is 0. The van der Waals surface area contributed by atoms with Crippen LogP contribution in [0.4, 0.5) is 17.6 Å². The number of nitrogens with zero attached hydrogens (tertiary/aromatic N) is 6. The molecule has 4 heterocycles. The van der Waals surface area contributed by atoms with Gasteiger partial charge in [0, 0.05) is 0 Å². The molecule has 0 amide bonds. The van der Waals surface area contributed by atoms with Gasteiger partial charge in [0.1, 0.15) is 17.4 Å². The van der Waals surface area contributed by atoms with Crippen LogP contribution in [-0.2, 0) is 0 Å². The lowest BCUT2D eigenvalue weighted by atomic mass is 10.5. The number of rotatable bonds is 0. The third-order valence-electron chi connectivity index (χ3n) is 2.58. The molecule has 0 unspecified atom stereocenters. The minimum atomic E-state index is 0.141. The Bertz CT molecular complexity index is 892. The summed E-state index contributed by atoms with van der Waals surface area (Å²) in [5.74, 6) is 0.898. The second-order valence-corrected chi connectivity index (χ2v) is 3.93. The lowest BCUT2D eigenvalue weighted by Gasteiger charge is -1.94. The van der Waals surface area contributed by atoms with Crippen molar-refractivity contribution in [2.75, 3.05) is 17.2 Å². The Hall–Kier alpha value is -3.50. The smallest absolute Gasteiger partial charge is 0.224 e. The third-order valence-corrected chi connectivity index (χ3v) is 2.58. The maximum atomic E-state index is 5.50. The maximum absolute atomic E-state index is 5.50. The number of aromatic nitrogens is 8. The predicted molar refractivity (Wildman–Crippen MR) is 76.6 cm³/mol. The van der Waals surface area contributed by atoms with E-state index >= 15 is 0 Å². The summed E-state index contributed by atoms with van der Waals surface area (Å²) >= 11 is 0. The molecular formula is C10H11N11. The zero-order valence-corrected chi connectivity index (χ0v) is 10.6. The van der Waals surface area contributed by atoms with Crippen LogP contribution in [0.15, 0.2) is 19.0 Å². The van der Waals surface area contributed by atoms with Crippen molar-refractivity contribution in [3.05, 3.63) is 19.0 Å². The van der Waals surface area contributed by atoms with E-state index in [0.717, 1.165) is 0 Å². The van der Waals surface area contributed by atoms with E-state index in [-0.39, 0.29) is 5.95 Å². The van der Waals surface area contributed by atoms with Crippen molar-refractivity contribution in [3.63, 3.8) is 0 Å². The van der Waals surface area contributed by atoms with Crippen LogP contribution in [0.5, 0.6) is 0 Å². The van der Waals surface area contributed by atoms with E-state index in [4.69, 9.17) is 17.2 Å². The Morgan fingerprint density at radius 2 is 1.38 bits per heavy atom. The topological polar surface area (TPSA) is 187 Å². The highest BCUT2D eigenvalue weighted by atomic mass is 15.1. The number of H-pyrrole nitrogens is 2. The summed E-state index contributed by atoms with van der Waals surface area (Å²) in [4.78, 5) is 28.6. The molecule has 0 radical (unpaired) electrons. The molecule has 8 N–H and O–H groups in total. The van der Waals surface area contributed by atoms with Gasteiger partial charge in [-0.15, -0.1) is 0 Å². The molecule has 4 rings (SSSR count). The van der Waals surface area contributed by atoms with E-state index < -0.39 is 0 Å². The molecule has 4 aromatic rings. The molecule has 11 heteroatoms. The number of nitrogens with two attached hydrogens (primary N) is 3. The number of nitrogens with one attached hydrogen (secondary N) is 2. The van der Waals surface area contributed by atoms with Crippen LogP contribution >= 0.6 is 0 Å². The van der Waals surface area contributed by atoms with Gasteiger partial charge in [0.15, 0.2) is 22.9 Å². The van der Waals surface area contributed by atoms with Gasteiger partial charge in [-0.3, -0.25) is 0 Å². The van der Waals surface area contributed by atoms with Gasteiger partial charge in [-0.1, -0.05) is 0 Å². The molecule has 21 heavy (non-hydrogen) atoms. The molecule has 0 fully saturated rings. The second kappa shape index (κ2) is 4.88. The highest BCUT2D eigenvalue weighted by Gasteiger charge is 2.03. The van der Waals surface area contributed by atoms with Gasteiger partial charge in [0.25, 0.3) is 0 Å². The summed E-state index contributed by atoms with van der Waals surface area (Å²) in [6, 6.07) is 0. The van der Waals surface area contributed by atoms with Gasteiger partial charge in [-0.2, -0.15) is 9.97 Å². The monoisotopic (exact) mass is 285 g/mol. The summed E-state index contributed by atoms with van der Waals surface area (Å²) in [6.07, 6.45) is 4.42. The van der Waals surface area contributed by atoms with Gasteiger partial charge in [0.2, 0.25) is 5.95 Å². The van der Waals surface area contributed by atoms with Gasteiger partial charge < -0.3 is 27.2 Å². The van der Waals surface area contributed by atoms with Gasteiger partial charge in [0.05, 0.1) is 12.7 Å². The Balaban J connectivity index is 0.000000126. The highest BCUT2D eigenvalue weighted by Crippen LogP contribution is 2.12. The van der Waals surface area contributed by atoms with Gasteiger partial charge in [-0.25, -0.2) is 19.9 Å². The first-order chi connectivity index (χ1) is 10.1. The van der Waals surface area contributed by atoms with Crippen LogP contribution in [0, 0.1) is 0 Å². The van der Waals surface area contributed by atoms with Gasteiger partial charge in [-0.05, 0) is 0 Å². The Labute approximate surface area is 117 Å². The van der Waals surface area contributed by atoms with Gasteiger partial charge >= 0.3 is 0 Å². The van der Waals surface area contributed by atoms with E-state index in [1.807, 2.05) is 0 Å². The number of nitrogen functional groups attached to an aromatic ring is 3. The van der Waals surface area contributed by atoms with Crippen LogP contribution in [-0.4, -0.2) is 39.9 Å². The van der Waals surface area contributed by atoms with Crippen molar-refractivity contribution in [1.29, 1.82) is 0 Å². The summed E-state index contributed by atoms with van der Waals surface area (Å²) < 4.78 is 0. The lowest BCUT2D eigenvalue weighted by Crippen LogP contribution is -1.99. The summed E-state index contributed by atoms with van der Waals surface area (Å²) in [5, 5.41) is 0. The molecular weight excluding hydrogens is 274 g/mol. The number of hydrogen-bond donors (Lipinski definition) is 5. The van der Waals surface area contributed by atoms with Crippen molar-refractivity contribution in [3.8, 4) is 0 Å². The molecule has 0 saturated heterocycles. The van der Waals surface area contributed by atoms with E-state index in [9.17, 15) is 0 Å². The standard InChI is InChI=1S/C5H6N6.C5H5N5/c6-3-2-4(9-1-8-2)11-5(7)10-3;6-4-3-5(9-1-7-3)10-2-8-4/h1H,(H5,6,7,8,9,10,11);1-2H,(H3,6,7,8,9,10). The lowest BCUT2D eigenvalue weighted by molar-refractivity contribution is 1.21. The summed E-state index contributed by atoms with van der Waals surface area (Å²) in [5.41, 5.74) is 18.7. The molecule has 11 nitrogen and oxygen atoms in total. The van der Waals surface area contributed by atoms with Crippen LogP contribution in [0.2, 0.25) is 0 Å². The van der Waals surface area contributed by atoms with Crippen LogP contribution in [0.1, 0.15) is 0 Å². The SMILES string of the molecule is Nc1nc(N)c2[nH]cnc2n1.Nc1ncnc2nc[nH]c12. The quantitative estimate of drug-likeness (QED) is 0.282. The third kappa shape index (κ3) is 2.34. The van der Waals surface area contributed by atoms with Crippen molar-refractivity contribution in [1.82, 2.24) is 39.9 Å². The van der Waals surface area contributed by atoms with E-state index in [2.05, 4.69) is 39.9 Å². The molecule has 106 valence electrons. The van der Waals surface area contributed by atoms with Crippen LogP contribution in [0.3, 0.4) is 0 Å². The molecule has 0 aliphatic rings. The Morgan fingerprint density at radius 3 is 2.10 bits per heavy atom. The first-order valence-corrected chi connectivity index (χ1v) is 5.77. The molecule has 0 aliphatic carbocycles. The van der Waals surface area contributed by atoms with Crippen LogP contribution in [0.25, 0.3) is 22.3 Å². The fourth-order valence-corrected chi connectivity index (χ4v) is 1.66. The molecule has 0 saturated carbocycles. The minimum Gasteiger partial charge on any atom is -0.382 e. The number of hydrogen-bond acceptors (Lipinski definition) is 9. The zero-order valence-electron chi connectivity index (χ0n) is 10.6. The second-order valence-electron chi connectivity index (χ2n) is 3.93. The molecule has 0 spiro atoms. The van der Waals surface area contributed by atoms with E-state index in [1.165, 1.54) is 19.0 Å². The van der Waals surface area contributed by atoms with E-state index in [0.29, 0.717) is 34.0 Å². The highest BCUT2D eigenvalue weighted by molar-refractivity contribution is 5.82. The van der Waals surface area contributed by atoms with Crippen molar-refractivity contribution in [2.45, 2.75) is 0 Å². The fraction of sp³-hybridized carbons (Fsp3) is 0. The molecule has 4 aromatic heterocycles. The number of aromatic amines is 2. The average molecular weight is 285 g/mol. The predicted octanol–water partition coefficient (Wildman–Crippen LogP) is -0.548. The summed E-state index contributed by atoms with van der Waals surface area (Å²) in [6.45, 7) is 0. The molecule has 0 aliphatic heterocycles. The van der Waals surface area contributed by atoms with Crippen molar-refractivity contribution < 1.29 is 0 Å². The fourth-order valence-electron chi connectivity index (χ4n) is 1.66. The van der Waals surface area contributed by atoms with Crippen molar-refractivity contribution in [2.24, 2.45) is 0 Å². The van der Waals surface area contributed by atoms with Crippen molar-refractivity contribution >= 4 is 39.9 Å². The Morgan fingerprint density at radius 1 is 0.714 bits per heavy atom. The largest absolute Gasteiger partial charge is 0.382 e. The van der Waals surface area contributed by atoms with E-state index in [1.54, 1.807) is 0 Å². The minimum absolute atomic E-state index is 0.141. The Kier molecular flexibility index (Phi) is 2.91. The number of anilines is 3. The number of fused-ring (bicyclic) bond motifs is 2.